The van der Waals surface area contributed by atoms with E-state index in [4.69, 9.17) is 15.6 Å². The summed E-state index contributed by atoms with van der Waals surface area (Å²) in [5.74, 6) is -0.197. The van der Waals surface area contributed by atoms with Crippen LogP contribution in [0.2, 0.25) is 0 Å². The van der Waals surface area contributed by atoms with Crippen LogP contribution in [0.1, 0.15) is 6.92 Å². The number of hydrogen-bond donors (Lipinski definition) is 2. The predicted molar refractivity (Wildman–Crippen MR) is 60.8 cm³/mol. The fourth-order valence-corrected chi connectivity index (χ4v) is 1.86. The van der Waals surface area contributed by atoms with E-state index in [0.717, 1.165) is 5.69 Å². The first kappa shape index (κ1) is 10.6. The number of rotatable bonds is 2. The lowest BCUT2D eigenvalue weighted by Crippen LogP contribution is -2.41. The van der Waals surface area contributed by atoms with E-state index in [1.807, 2.05) is 6.92 Å². The Morgan fingerprint density at radius 1 is 1.69 bits per heavy atom. The monoisotopic (exact) mass is 222 g/mol. The van der Waals surface area contributed by atoms with E-state index < -0.39 is 5.97 Å². The number of carboxylic acid groups (broad SMARTS) is 1. The molecule has 1 aromatic rings. The quantitative estimate of drug-likeness (QED) is 0.728. The molecule has 1 aliphatic rings. The van der Waals surface area contributed by atoms with Crippen molar-refractivity contribution in [2.45, 2.75) is 13.0 Å². The molecule has 2 rings (SSSR count). The second kappa shape index (κ2) is 3.92. The molecule has 1 aromatic carbocycles. The van der Waals surface area contributed by atoms with Gasteiger partial charge in [-0.05, 0) is 19.1 Å². The summed E-state index contributed by atoms with van der Waals surface area (Å²) in [6, 6.07) is 5.26. The van der Waals surface area contributed by atoms with E-state index >= 15 is 0 Å². The SMILES string of the molecule is CC1CN(CC(=O)O)c2ccc(N)cc2O1. The van der Waals surface area contributed by atoms with Crippen molar-refractivity contribution < 1.29 is 14.6 Å². The Balaban J connectivity index is 2.34. The van der Waals surface area contributed by atoms with Gasteiger partial charge in [-0.25, -0.2) is 0 Å². The molecule has 0 saturated carbocycles. The lowest BCUT2D eigenvalue weighted by atomic mass is 10.2. The van der Waals surface area contributed by atoms with Gasteiger partial charge < -0.3 is 20.5 Å². The summed E-state index contributed by atoms with van der Waals surface area (Å²) in [4.78, 5) is 12.5. The first-order chi connectivity index (χ1) is 7.56. The summed E-state index contributed by atoms with van der Waals surface area (Å²) in [6.45, 7) is 2.45. The third-order valence-electron chi connectivity index (χ3n) is 2.46. The van der Waals surface area contributed by atoms with E-state index in [2.05, 4.69) is 0 Å². The highest BCUT2D eigenvalue weighted by atomic mass is 16.5. The number of aliphatic carboxylic acids is 1. The molecular weight excluding hydrogens is 208 g/mol. The fraction of sp³-hybridized carbons (Fsp3) is 0.364. The van der Waals surface area contributed by atoms with Crippen LogP contribution >= 0.6 is 0 Å². The van der Waals surface area contributed by atoms with Crippen LogP contribution in [-0.2, 0) is 4.79 Å². The second-order valence-corrected chi connectivity index (χ2v) is 3.93. The van der Waals surface area contributed by atoms with E-state index in [0.29, 0.717) is 18.0 Å². The molecule has 3 N–H and O–H groups in total. The molecule has 5 heteroatoms. The number of benzene rings is 1. The molecule has 16 heavy (non-hydrogen) atoms. The van der Waals surface area contributed by atoms with Gasteiger partial charge in [0.15, 0.2) is 0 Å². The average Bonchev–Trinajstić information content (AvgIpc) is 2.15. The molecule has 1 aliphatic heterocycles. The molecule has 0 amide bonds. The Kier molecular flexibility index (Phi) is 2.60. The van der Waals surface area contributed by atoms with Crippen LogP contribution in [0.25, 0.3) is 0 Å². The van der Waals surface area contributed by atoms with E-state index in [1.165, 1.54) is 0 Å². The standard InChI is InChI=1S/C11H14N2O3/c1-7-5-13(6-11(14)15)9-3-2-8(12)4-10(9)16-7/h2-4,7H,5-6,12H2,1H3,(H,14,15). The third-order valence-corrected chi connectivity index (χ3v) is 2.46. The van der Waals surface area contributed by atoms with Gasteiger partial charge in [0.05, 0.1) is 12.2 Å². The zero-order chi connectivity index (χ0) is 11.7. The number of carboxylic acids is 1. The molecule has 1 unspecified atom stereocenters. The van der Waals surface area contributed by atoms with Crippen LogP contribution in [0.15, 0.2) is 18.2 Å². The minimum absolute atomic E-state index is 0.0232. The summed E-state index contributed by atoms with van der Waals surface area (Å²) in [5, 5.41) is 8.82. The minimum atomic E-state index is -0.850. The van der Waals surface area contributed by atoms with Crippen molar-refractivity contribution in [1.29, 1.82) is 0 Å². The molecule has 0 aromatic heterocycles. The zero-order valence-corrected chi connectivity index (χ0v) is 9.01. The van der Waals surface area contributed by atoms with Gasteiger partial charge >= 0.3 is 5.97 Å². The Morgan fingerprint density at radius 3 is 3.12 bits per heavy atom. The van der Waals surface area contributed by atoms with Gasteiger partial charge in [-0.1, -0.05) is 0 Å². The maximum Gasteiger partial charge on any atom is 0.323 e. The van der Waals surface area contributed by atoms with Crippen molar-refractivity contribution in [1.82, 2.24) is 0 Å². The number of anilines is 2. The molecule has 1 atom stereocenters. The number of hydrogen-bond acceptors (Lipinski definition) is 4. The number of nitrogen functional groups attached to an aromatic ring is 1. The van der Waals surface area contributed by atoms with Gasteiger partial charge in [0.1, 0.15) is 18.4 Å². The summed E-state index contributed by atoms with van der Waals surface area (Å²) in [5.41, 5.74) is 7.06. The zero-order valence-electron chi connectivity index (χ0n) is 9.01. The minimum Gasteiger partial charge on any atom is -0.487 e. The highest BCUT2D eigenvalue weighted by Gasteiger charge is 2.24. The van der Waals surface area contributed by atoms with Crippen LogP contribution in [0.3, 0.4) is 0 Å². The summed E-state index contributed by atoms with van der Waals surface area (Å²) in [7, 11) is 0. The van der Waals surface area contributed by atoms with Crippen molar-refractivity contribution in [3.05, 3.63) is 18.2 Å². The first-order valence-electron chi connectivity index (χ1n) is 5.09. The van der Waals surface area contributed by atoms with Crippen molar-refractivity contribution >= 4 is 17.3 Å². The van der Waals surface area contributed by atoms with Gasteiger partial charge in [0.25, 0.3) is 0 Å². The number of fused-ring (bicyclic) bond motifs is 1. The van der Waals surface area contributed by atoms with Crippen molar-refractivity contribution in [2.75, 3.05) is 23.7 Å². The van der Waals surface area contributed by atoms with E-state index in [9.17, 15) is 4.79 Å². The van der Waals surface area contributed by atoms with E-state index in [-0.39, 0.29) is 12.6 Å². The van der Waals surface area contributed by atoms with Crippen LogP contribution < -0.4 is 15.4 Å². The molecule has 1 heterocycles. The fourth-order valence-electron chi connectivity index (χ4n) is 1.86. The third kappa shape index (κ3) is 2.03. The van der Waals surface area contributed by atoms with Crippen LogP contribution in [0, 0.1) is 0 Å². The van der Waals surface area contributed by atoms with Crippen LogP contribution in [0.5, 0.6) is 5.75 Å². The molecule has 5 nitrogen and oxygen atoms in total. The van der Waals surface area contributed by atoms with Crippen LogP contribution in [0.4, 0.5) is 11.4 Å². The molecule has 0 fully saturated rings. The highest BCUT2D eigenvalue weighted by Crippen LogP contribution is 2.34. The second-order valence-electron chi connectivity index (χ2n) is 3.93. The topological polar surface area (TPSA) is 75.8 Å². The van der Waals surface area contributed by atoms with Crippen LogP contribution in [-0.4, -0.2) is 30.3 Å². The van der Waals surface area contributed by atoms with Crippen molar-refractivity contribution in [2.24, 2.45) is 0 Å². The highest BCUT2D eigenvalue weighted by molar-refractivity contribution is 5.76. The lowest BCUT2D eigenvalue weighted by molar-refractivity contribution is -0.135. The smallest absolute Gasteiger partial charge is 0.323 e. The summed E-state index contributed by atoms with van der Waals surface area (Å²) >= 11 is 0. The average molecular weight is 222 g/mol. The molecule has 86 valence electrons. The van der Waals surface area contributed by atoms with Gasteiger partial charge in [-0.3, -0.25) is 4.79 Å². The lowest BCUT2D eigenvalue weighted by Gasteiger charge is -2.33. The number of nitrogens with two attached hydrogens (primary N) is 1. The van der Waals surface area contributed by atoms with E-state index in [1.54, 1.807) is 23.1 Å². The number of nitrogens with zero attached hydrogens (tertiary/aromatic N) is 1. The largest absolute Gasteiger partial charge is 0.487 e. The molecule has 0 bridgehead atoms. The van der Waals surface area contributed by atoms with Crippen molar-refractivity contribution in [3.8, 4) is 5.75 Å². The van der Waals surface area contributed by atoms with Gasteiger partial charge in [0, 0.05) is 11.8 Å². The number of ether oxygens (including phenoxy) is 1. The summed E-state index contributed by atoms with van der Waals surface area (Å²) < 4.78 is 5.61. The van der Waals surface area contributed by atoms with Gasteiger partial charge in [0.2, 0.25) is 0 Å². The maximum absolute atomic E-state index is 10.7. The molecule has 0 radical (unpaired) electrons. The number of carbonyl (C=O) groups is 1. The van der Waals surface area contributed by atoms with Gasteiger partial charge in [-0.15, -0.1) is 0 Å². The molecule has 0 saturated heterocycles. The summed E-state index contributed by atoms with van der Waals surface area (Å²) in [6.07, 6.45) is -0.0337. The Hall–Kier alpha value is -1.91. The normalized spacial score (nSPS) is 18.8. The Labute approximate surface area is 93.4 Å². The Bertz CT molecular complexity index is 420. The first-order valence-corrected chi connectivity index (χ1v) is 5.09. The molecule has 0 spiro atoms. The Morgan fingerprint density at radius 2 is 2.44 bits per heavy atom. The van der Waals surface area contributed by atoms with Crippen molar-refractivity contribution in [3.63, 3.8) is 0 Å². The maximum atomic E-state index is 10.7. The van der Waals surface area contributed by atoms with Gasteiger partial charge in [-0.2, -0.15) is 0 Å². The molecule has 0 aliphatic carbocycles. The predicted octanol–water partition coefficient (Wildman–Crippen LogP) is 0.941. The molecular formula is C11H14N2O3.